The summed E-state index contributed by atoms with van der Waals surface area (Å²) in [5.74, 6) is 0. The quantitative estimate of drug-likeness (QED) is 0.606. The van der Waals surface area contributed by atoms with Crippen LogP contribution in [0.1, 0.15) is 39.0 Å². The molecular formula is C8H16N4. The number of nitrogens with zero attached hydrogens (tertiary/aromatic N) is 4. The van der Waals surface area contributed by atoms with Crippen molar-refractivity contribution in [2.75, 3.05) is 0 Å². The van der Waals surface area contributed by atoms with Crippen LogP contribution in [-0.4, -0.2) is 20.2 Å². The van der Waals surface area contributed by atoms with Gasteiger partial charge in [0.2, 0.25) is 0 Å². The Hall–Kier alpha value is -0.930. The Morgan fingerprint density at radius 3 is 2.67 bits per heavy atom. The highest BCUT2D eigenvalue weighted by molar-refractivity contribution is 4.43. The lowest BCUT2D eigenvalue weighted by atomic mass is 10.2. The molecule has 0 bridgehead atoms. The maximum absolute atomic E-state index is 3.93. The molecule has 0 N–H and O–H groups in total. The zero-order valence-electron chi connectivity index (χ0n) is 7.61. The summed E-state index contributed by atoms with van der Waals surface area (Å²) < 4.78 is 0. The van der Waals surface area contributed by atoms with Crippen molar-refractivity contribution in [3.63, 3.8) is 0 Å². The van der Waals surface area contributed by atoms with E-state index < -0.39 is 0 Å². The second kappa shape index (κ2) is 5.69. The van der Waals surface area contributed by atoms with Gasteiger partial charge in [0.25, 0.3) is 0 Å². The maximum atomic E-state index is 3.93. The van der Waals surface area contributed by atoms with E-state index in [9.17, 15) is 0 Å². The number of unbranched alkanes of at least 4 members (excludes halogenated alkanes) is 4. The van der Waals surface area contributed by atoms with E-state index >= 15 is 0 Å². The molecule has 1 rings (SSSR count). The second-order valence-corrected chi connectivity index (χ2v) is 2.95. The summed E-state index contributed by atoms with van der Waals surface area (Å²) in [7, 11) is 0. The van der Waals surface area contributed by atoms with Crippen LogP contribution in [0.5, 0.6) is 0 Å². The Morgan fingerprint density at radius 1 is 1.17 bits per heavy atom. The van der Waals surface area contributed by atoms with Crippen LogP contribution in [0.4, 0.5) is 0 Å². The third-order valence-electron chi connectivity index (χ3n) is 1.85. The molecule has 1 heterocycles. The average molecular weight is 168 g/mol. The SMILES string of the molecule is CCCCCCCn1ncnn1. The van der Waals surface area contributed by atoms with Gasteiger partial charge in [0.05, 0.1) is 6.54 Å². The van der Waals surface area contributed by atoms with E-state index in [1.54, 1.807) is 4.80 Å². The van der Waals surface area contributed by atoms with E-state index in [4.69, 9.17) is 0 Å². The summed E-state index contributed by atoms with van der Waals surface area (Å²) in [6.45, 7) is 3.13. The Balaban J connectivity index is 1.96. The second-order valence-electron chi connectivity index (χ2n) is 2.95. The molecule has 0 radical (unpaired) electrons. The zero-order chi connectivity index (χ0) is 8.65. The molecule has 1 aromatic rings. The molecule has 68 valence electrons. The van der Waals surface area contributed by atoms with E-state index in [1.165, 1.54) is 32.0 Å². The molecule has 0 spiro atoms. The first-order valence-corrected chi connectivity index (χ1v) is 4.64. The molecule has 1 aromatic heterocycles. The van der Waals surface area contributed by atoms with Gasteiger partial charge in [0.1, 0.15) is 0 Å². The molecule has 0 unspecified atom stereocenters. The number of tetrazole rings is 1. The van der Waals surface area contributed by atoms with Gasteiger partial charge in [-0.15, -0.1) is 10.2 Å². The standard InChI is InChI=1S/C8H16N4/c1-2-3-4-5-6-7-12-10-8-9-11-12/h8H,2-7H2,1H3. The Labute approximate surface area is 73.0 Å². The fraction of sp³-hybridized carbons (Fsp3) is 0.875. The molecule has 0 atom stereocenters. The van der Waals surface area contributed by atoms with Crippen molar-refractivity contribution in [3.8, 4) is 0 Å². The van der Waals surface area contributed by atoms with Crippen molar-refractivity contribution in [1.82, 2.24) is 20.2 Å². The monoisotopic (exact) mass is 168 g/mol. The fourth-order valence-electron chi connectivity index (χ4n) is 1.15. The summed E-state index contributed by atoms with van der Waals surface area (Å²) >= 11 is 0. The van der Waals surface area contributed by atoms with Crippen LogP contribution in [-0.2, 0) is 6.54 Å². The number of rotatable bonds is 6. The van der Waals surface area contributed by atoms with Crippen LogP contribution in [0.25, 0.3) is 0 Å². The van der Waals surface area contributed by atoms with Crippen molar-refractivity contribution in [2.45, 2.75) is 45.6 Å². The first kappa shape index (κ1) is 9.16. The third kappa shape index (κ3) is 3.46. The molecule has 4 nitrogen and oxygen atoms in total. The summed E-state index contributed by atoms with van der Waals surface area (Å²) in [4.78, 5) is 1.64. The Bertz CT molecular complexity index is 183. The van der Waals surface area contributed by atoms with E-state index in [0.29, 0.717) is 0 Å². The van der Waals surface area contributed by atoms with Gasteiger partial charge in [-0.05, 0) is 11.6 Å². The van der Waals surface area contributed by atoms with Gasteiger partial charge in [-0.25, -0.2) is 0 Å². The van der Waals surface area contributed by atoms with Crippen molar-refractivity contribution in [1.29, 1.82) is 0 Å². The number of aryl methyl sites for hydroxylation is 1. The molecule has 0 aliphatic rings. The zero-order valence-corrected chi connectivity index (χ0v) is 7.61. The topological polar surface area (TPSA) is 43.6 Å². The number of hydrogen-bond donors (Lipinski definition) is 0. The molecule has 0 fully saturated rings. The summed E-state index contributed by atoms with van der Waals surface area (Å²) in [6.07, 6.45) is 7.87. The minimum Gasteiger partial charge on any atom is -0.164 e. The number of aromatic nitrogens is 4. The van der Waals surface area contributed by atoms with E-state index in [-0.39, 0.29) is 0 Å². The van der Waals surface area contributed by atoms with E-state index in [2.05, 4.69) is 22.3 Å². The molecule has 0 saturated heterocycles. The van der Waals surface area contributed by atoms with Crippen LogP contribution in [0.3, 0.4) is 0 Å². The molecule has 4 heteroatoms. The highest BCUT2D eigenvalue weighted by atomic mass is 15.6. The molecule has 0 aromatic carbocycles. The minimum atomic E-state index is 0.906. The lowest BCUT2D eigenvalue weighted by Crippen LogP contribution is -2.02. The highest BCUT2D eigenvalue weighted by Gasteiger charge is 1.92. The van der Waals surface area contributed by atoms with E-state index in [1.807, 2.05) is 0 Å². The smallest absolute Gasteiger partial charge is 0.162 e. The molecule has 12 heavy (non-hydrogen) atoms. The molecule has 0 amide bonds. The van der Waals surface area contributed by atoms with Crippen molar-refractivity contribution < 1.29 is 0 Å². The lowest BCUT2D eigenvalue weighted by molar-refractivity contribution is 0.476. The normalized spacial score (nSPS) is 10.4. The molecule has 0 aliphatic heterocycles. The van der Waals surface area contributed by atoms with Gasteiger partial charge in [0, 0.05) is 0 Å². The predicted octanol–water partition coefficient (Wildman–Crippen LogP) is 1.64. The largest absolute Gasteiger partial charge is 0.164 e. The summed E-state index contributed by atoms with van der Waals surface area (Å²) in [6, 6.07) is 0. The summed E-state index contributed by atoms with van der Waals surface area (Å²) in [5.41, 5.74) is 0. The minimum absolute atomic E-state index is 0.906. The van der Waals surface area contributed by atoms with Crippen molar-refractivity contribution >= 4 is 0 Å². The highest BCUT2D eigenvalue weighted by Crippen LogP contribution is 2.02. The molecule has 0 aliphatic carbocycles. The number of hydrogen-bond acceptors (Lipinski definition) is 3. The first-order valence-electron chi connectivity index (χ1n) is 4.64. The van der Waals surface area contributed by atoms with Crippen LogP contribution in [0.15, 0.2) is 6.33 Å². The van der Waals surface area contributed by atoms with Gasteiger partial charge in [-0.2, -0.15) is 4.80 Å². The van der Waals surface area contributed by atoms with Gasteiger partial charge >= 0.3 is 0 Å². The summed E-state index contributed by atoms with van der Waals surface area (Å²) in [5, 5.41) is 11.4. The van der Waals surface area contributed by atoms with Crippen LogP contribution < -0.4 is 0 Å². The van der Waals surface area contributed by atoms with Crippen LogP contribution in [0.2, 0.25) is 0 Å². The van der Waals surface area contributed by atoms with Gasteiger partial charge in [-0.3, -0.25) is 0 Å². The Morgan fingerprint density at radius 2 is 2.00 bits per heavy atom. The van der Waals surface area contributed by atoms with Crippen molar-refractivity contribution in [3.05, 3.63) is 6.33 Å². The Kier molecular flexibility index (Phi) is 4.34. The van der Waals surface area contributed by atoms with Crippen molar-refractivity contribution in [2.24, 2.45) is 0 Å². The lowest BCUT2D eigenvalue weighted by Gasteiger charge is -1.98. The predicted molar refractivity (Wildman–Crippen MR) is 46.6 cm³/mol. The average Bonchev–Trinajstić information content (AvgIpc) is 2.57. The molecular weight excluding hydrogens is 152 g/mol. The fourth-order valence-corrected chi connectivity index (χ4v) is 1.15. The van der Waals surface area contributed by atoms with Crippen LogP contribution in [0, 0.1) is 0 Å². The van der Waals surface area contributed by atoms with Gasteiger partial charge in [-0.1, -0.05) is 32.6 Å². The first-order chi connectivity index (χ1) is 5.93. The van der Waals surface area contributed by atoms with Gasteiger partial charge < -0.3 is 0 Å². The van der Waals surface area contributed by atoms with Crippen LogP contribution >= 0.6 is 0 Å². The van der Waals surface area contributed by atoms with E-state index in [0.717, 1.165) is 13.0 Å². The third-order valence-corrected chi connectivity index (χ3v) is 1.85. The maximum Gasteiger partial charge on any atom is 0.162 e. The molecule has 0 saturated carbocycles. The van der Waals surface area contributed by atoms with Gasteiger partial charge in [0.15, 0.2) is 6.33 Å².